The maximum atomic E-state index is 5.82. The summed E-state index contributed by atoms with van der Waals surface area (Å²) in [5, 5.41) is 3.17. The predicted molar refractivity (Wildman–Crippen MR) is 77.1 cm³/mol. The number of nitrogens with zero attached hydrogens (tertiary/aromatic N) is 1. The Hall–Kier alpha value is -1.75. The quantitative estimate of drug-likeness (QED) is 0.245. The number of para-hydroxylation sites is 1. The minimum atomic E-state index is 0.105. The molecule has 0 aliphatic carbocycles. The fourth-order valence-electron chi connectivity index (χ4n) is 2.09. The number of hydrogen-bond donors (Lipinski definition) is 3. The molecule has 0 fully saturated rings. The van der Waals surface area contributed by atoms with Crippen molar-refractivity contribution < 1.29 is 4.74 Å². The normalized spacial score (nSPS) is 17.8. The molecule has 0 bridgehead atoms. The highest BCUT2D eigenvalue weighted by Crippen LogP contribution is 2.27. The molecule has 0 saturated carbocycles. The van der Waals surface area contributed by atoms with Gasteiger partial charge in [0.2, 0.25) is 5.96 Å². The van der Waals surface area contributed by atoms with Crippen molar-refractivity contribution in [3.8, 4) is 5.75 Å². The van der Waals surface area contributed by atoms with Gasteiger partial charge in [-0.1, -0.05) is 31.5 Å². The Kier molecular flexibility index (Phi) is 5.03. The van der Waals surface area contributed by atoms with Crippen molar-refractivity contribution in [3.05, 3.63) is 29.8 Å². The van der Waals surface area contributed by atoms with Gasteiger partial charge in [0.25, 0.3) is 0 Å². The number of ether oxygens (including phenoxy) is 1. The lowest BCUT2D eigenvalue weighted by Crippen LogP contribution is -2.42. The number of aliphatic imine (C=N–C) groups is 1. The first kappa shape index (κ1) is 13.7. The highest BCUT2D eigenvalue weighted by molar-refractivity contribution is 5.79. The van der Waals surface area contributed by atoms with E-state index in [4.69, 9.17) is 10.6 Å². The molecule has 0 spiro atoms. The van der Waals surface area contributed by atoms with Crippen LogP contribution in [0.2, 0.25) is 0 Å². The van der Waals surface area contributed by atoms with E-state index in [1.807, 2.05) is 18.2 Å². The molecule has 5 heteroatoms. The van der Waals surface area contributed by atoms with Gasteiger partial charge in [-0.3, -0.25) is 5.43 Å². The molecule has 5 nitrogen and oxygen atoms in total. The second kappa shape index (κ2) is 6.99. The van der Waals surface area contributed by atoms with Gasteiger partial charge < -0.3 is 10.1 Å². The van der Waals surface area contributed by atoms with Crippen molar-refractivity contribution in [1.29, 1.82) is 0 Å². The number of rotatable bonds is 5. The van der Waals surface area contributed by atoms with Crippen molar-refractivity contribution in [3.63, 3.8) is 0 Å². The van der Waals surface area contributed by atoms with Gasteiger partial charge in [0, 0.05) is 13.0 Å². The van der Waals surface area contributed by atoms with Gasteiger partial charge in [0.05, 0.1) is 6.54 Å². The Bertz CT molecular complexity index is 408. The molecule has 1 aromatic rings. The molecule has 1 heterocycles. The highest BCUT2D eigenvalue weighted by atomic mass is 16.5. The predicted octanol–water partition coefficient (Wildman–Crippen LogP) is 1.20. The number of hydrazine groups is 1. The van der Waals surface area contributed by atoms with E-state index in [2.05, 4.69) is 28.7 Å². The van der Waals surface area contributed by atoms with Crippen LogP contribution in [0.25, 0.3) is 0 Å². The Morgan fingerprint density at radius 1 is 1.47 bits per heavy atom. The third kappa shape index (κ3) is 3.86. The summed E-state index contributed by atoms with van der Waals surface area (Å²) in [7, 11) is 0. The molecular formula is C14H22N4O. The third-order valence-electron chi connectivity index (χ3n) is 3.13. The fourth-order valence-corrected chi connectivity index (χ4v) is 2.09. The van der Waals surface area contributed by atoms with Crippen molar-refractivity contribution in [2.24, 2.45) is 10.8 Å². The standard InChI is InChI=1S/C14H22N4O/c1-2-3-8-16-14(18-15)17-10-12-9-11-6-4-5-7-13(11)19-12/h4-7,12H,2-3,8-10,15H2,1H3,(H2,16,17,18). The molecule has 1 atom stereocenters. The van der Waals surface area contributed by atoms with E-state index in [1.54, 1.807) is 0 Å². The molecular weight excluding hydrogens is 240 g/mol. The monoisotopic (exact) mass is 262 g/mol. The van der Waals surface area contributed by atoms with Crippen molar-refractivity contribution in [2.75, 3.05) is 13.1 Å². The lowest BCUT2D eigenvalue weighted by molar-refractivity contribution is 0.241. The van der Waals surface area contributed by atoms with Crippen LogP contribution in [-0.2, 0) is 6.42 Å². The van der Waals surface area contributed by atoms with Crippen LogP contribution in [0.3, 0.4) is 0 Å². The summed E-state index contributed by atoms with van der Waals surface area (Å²) in [6, 6.07) is 8.12. The maximum Gasteiger partial charge on any atom is 0.205 e. The van der Waals surface area contributed by atoms with Crippen molar-refractivity contribution in [2.45, 2.75) is 32.3 Å². The van der Waals surface area contributed by atoms with Gasteiger partial charge in [-0.05, 0) is 18.1 Å². The van der Waals surface area contributed by atoms with E-state index in [9.17, 15) is 0 Å². The van der Waals surface area contributed by atoms with E-state index in [0.717, 1.165) is 31.6 Å². The molecule has 0 amide bonds. The number of hydrogen-bond acceptors (Lipinski definition) is 3. The SMILES string of the molecule is CCCCNC(=NCC1Cc2ccccc2O1)NN. The zero-order chi connectivity index (χ0) is 13.5. The summed E-state index contributed by atoms with van der Waals surface area (Å²) >= 11 is 0. The Labute approximate surface area is 114 Å². The van der Waals surface area contributed by atoms with Crippen LogP contribution in [0.1, 0.15) is 25.3 Å². The third-order valence-corrected chi connectivity index (χ3v) is 3.13. The van der Waals surface area contributed by atoms with Gasteiger partial charge in [0.1, 0.15) is 11.9 Å². The summed E-state index contributed by atoms with van der Waals surface area (Å²) in [5.41, 5.74) is 3.84. The maximum absolute atomic E-state index is 5.82. The molecule has 0 aromatic heterocycles. The minimum absolute atomic E-state index is 0.105. The van der Waals surface area contributed by atoms with Crippen LogP contribution < -0.4 is 21.3 Å². The second-order valence-electron chi connectivity index (χ2n) is 4.67. The van der Waals surface area contributed by atoms with Crippen molar-refractivity contribution >= 4 is 5.96 Å². The molecule has 1 aliphatic rings. The highest BCUT2D eigenvalue weighted by Gasteiger charge is 2.21. The van der Waals surface area contributed by atoms with Gasteiger partial charge in [-0.2, -0.15) is 0 Å². The van der Waals surface area contributed by atoms with Crippen LogP contribution >= 0.6 is 0 Å². The van der Waals surface area contributed by atoms with E-state index < -0.39 is 0 Å². The van der Waals surface area contributed by atoms with Gasteiger partial charge in [-0.15, -0.1) is 0 Å². The molecule has 0 saturated heterocycles. The van der Waals surface area contributed by atoms with Gasteiger partial charge in [0.15, 0.2) is 0 Å². The Morgan fingerprint density at radius 2 is 2.32 bits per heavy atom. The summed E-state index contributed by atoms with van der Waals surface area (Å²) in [4.78, 5) is 4.42. The van der Waals surface area contributed by atoms with Crippen molar-refractivity contribution in [1.82, 2.24) is 10.7 Å². The number of benzene rings is 1. The number of fused-ring (bicyclic) bond motifs is 1. The Morgan fingerprint density at radius 3 is 3.05 bits per heavy atom. The first-order valence-corrected chi connectivity index (χ1v) is 6.83. The molecule has 1 aliphatic heterocycles. The number of unbranched alkanes of at least 4 members (excludes halogenated alkanes) is 1. The average Bonchev–Trinajstić information content (AvgIpc) is 2.85. The fraction of sp³-hybridized carbons (Fsp3) is 0.500. The van der Waals surface area contributed by atoms with E-state index >= 15 is 0 Å². The molecule has 104 valence electrons. The van der Waals surface area contributed by atoms with E-state index in [0.29, 0.717) is 12.5 Å². The first-order chi connectivity index (χ1) is 9.33. The molecule has 19 heavy (non-hydrogen) atoms. The zero-order valence-electron chi connectivity index (χ0n) is 11.4. The molecule has 0 radical (unpaired) electrons. The number of nitrogens with one attached hydrogen (secondary N) is 2. The van der Waals surface area contributed by atoms with Crippen LogP contribution in [0.4, 0.5) is 0 Å². The lowest BCUT2D eigenvalue weighted by Gasteiger charge is -2.11. The average molecular weight is 262 g/mol. The minimum Gasteiger partial charge on any atom is -0.488 e. The summed E-state index contributed by atoms with van der Waals surface area (Å²) in [6.45, 7) is 3.64. The van der Waals surface area contributed by atoms with E-state index in [-0.39, 0.29) is 6.10 Å². The number of nitrogens with two attached hydrogens (primary N) is 1. The second-order valence-corrected chi connectivity index (χ2v) is 4.67. The lowest BCUT2D eigenvalue weighted by atomic mass is 10.1. The molecule has 1 aromatic carbocycles. The van der Waals surface area contributed by atoms with E-state index in [1.165, 1.54) is 5.56 Å². The first-order valence-electron chi connectivity index (χ1n) is 6.83. The molecule has 4 N–H and O–H groups in total. The summed E-state index contributed by atoms with van der Waals surface area (Å²) in [6.07, 6.45) is 3.26. The molecule has 2 rings (SSSR count). The van der Waals surface area contributed by atoms with Crippen LogP contribution in [0.15, 0.2) is 29.3 Å². The van der Waals surface area contributed by atoms with Crippen LogP contribution in [0.5, 0.6) is 5.75 Å². The molecule has 1 unspecified atom stereocenters. The smallest absolute Gasteiger partial charge is 0.205 e. The topological polar surface area (TPSA) is 71.7 Å². The number of guanidine groups is 1. The zero-order valence-corrected chi connectivity index (χ0v) is 11.4. The summed E-state index contributed by atoms with van der Waals surface area (Å²) < 4.78 is 5.82. The van der Waals surface area contributed by atoms with Gasteiger partial charge >= 0.3 is 0 Å². The van der Waals surface area contributed by atoms with Gasteiger partial charge in [-0.25, -0.2) is 10.8 Å². The Balaban J connectivity index is 1.82. The largest absolute Gasteiger partial charge is 0.488 e. The summed E-state index contributed by atoms with van der Waals surface area (Å²) in [5.74, 6) is 7.05. The van der Waals surface area contributed by atoms with Crippen LogP contribution in [-0.4, -0.2) is 25.2 Å². The van der Waals surface area contributed by atoms with Crippen LogP contribution in [0, 0.1) is 0 Å².